The largest absolute Gasteiger partial charge is 0.388 e. The van der Waals surface area contributed by atoms with Crippen molar-refractivity contribution in [3.63, 3.8) is 0 Å². The fourth-order valence-corrected chi connectivity index (χ4v) is 3.30. The lowest BCUT2D eigenvalue weighted by atomic mass is 9.93. The lowest BCUT2D eigenvalue weighted by molar-refractivity contribution is -0.323. The first-order chi connectivity index (χ1) is 13.1. The Kier molecular flexibility index (Phi) is 6.19. The third kappa shape index (κ3) is 4.02. The quantitative estimate of drug-likeness (QED) is 0.276. The van der Waals surface area contributed by atoms with E-state index in [-0.39, 0.29) is 6.61 Å². The molecule has 2 unspecified atom stereocenters. The van der Waals surface area contributed by atoms with Crippen LogP contribution in [0.4, 0.5) is 4.39 Å². The van der Waals surface area contributed by atoms with E-state index in [1.54, 1.807) is 0 Å². The molecule has 3 rings (SSSR count). The number of hydrogen-bond acceptors (Lipinski definition) is 7. The molecule has 1 aromatic rings. The highest BCUT2D eigenvalue weighted by Crippen LogP contribution is 2.37. The standard InChI is InChI=1S/C16H21FN6O4/c1-9(17)23(22-19-2)12-13(24)15(20-21-18)26-11-8-25-16(27-14(11)12)10-6-4-3-5-7-10/h3-7,9,11-16,24H,8H2,1-2H3/t9?,11-,12-,13-,14+,15?,16+/m1/s1. The summed E-state index contributed by atoms with van der Waals surface area (Å²) in [6.45, 7) is 1.38. The first-order valence-electron chi connectivity index (χ1n) is 8.48. The maximum Gasteiger partial charge on any atom is 0.186 e. The molecule has 1 N–H and O–H groups in total. The van der Waals surface area contributed by atoms with E-state index in [0.717, 1.165) is 10.6 Å². The molecular formula is C16H21FN6O4. The topological polar surface area (TPSA) is 125 Å². The van der Waals surface area contributed by atoms with Gasteiger partial charge in [-0.1, -0.05) is 40.7 Å². The molecule has 2 fully saturated rings. The van der Waals surface area contributed by atoms with Gasteiger partial charge in [0, 0.05) is 10.5 Å². The molecule has 11 heteroatoms. The van der Waals surface area contributed by atoms with Gasteiger partial charge >= 0.3 is 0 Å². The molecule has 2 aliphatic heterocycles. The highest BCUT2D eigenvalue weighted by Gasteiger charge is 2.52. The van der Waals surface area contributed by atoms with E-state index in [0.29, 0.717) is 0 Å². The van der Waals surface area contributed by atoms with Gasteiger partial charge in [-0.05, 0) is 12.5 Å². The van der Waals surface area contributed by atoms with Crippen molar-refractivity contribution in [3.8, 4) is 0 Å². The molecule has 0 aromatic heterocycles. The van der Waals surface area contributed by atoms with E-state index >= 15 is 0 Å². The Bertz CT molecular complexity index is 701. The SMILES string of the molecule is CN=NN(C(C)F)[C@H]1[C@H]2O[C@@H](c3ccccc3)OC[C@H]2OC(N=[N+]=[N-])[C@@H]1O. The second-order valence-electron chi connectivity index (χ2n) is 6.17. The molecule has 0 radical (unpaired) electrons. The van der Waals surface area contributed by atoms with Crippen LogP contribution in [0.5, 0.6) is 0 Å². The highest BCUT2D eigenvalue weighted by atomic mass is 19.1. The molecule has 2 saturated heterocycles. The summed E-state index contributed by atoms with van der Waals surface area (Å²) in [6, 6.07) is 8.24. The van der Waals surface area contributed by atoms with Gasteiger partial charge in [0.15, 0.2) is 18.8 Å². The van der Waals surface area contributed by atoms with Crippen LogP contribution in [-0.2, 0) is 14.2 Å². The van der Waals surface area contributed by atoms with Crippen molar-refractivity contribution in [2.75, 3.05) is 13.7 Å². The summed E-state index contributed by atoms with van der Waals surface area (Å²) in [7, 11) is 1.39. The number of nitrogens with zero attached hydrogens (tertiary/aromatic N) is 6. The van der Waals surface area contributed by atoms with Crippen LogP contribution in [0.3, 0.4) is 0 Å². The molecule has 27 heavy (non-hydrogen) atoms. The Morgan fingerprint density at radius 1 is 1.33 bits per heavy atom. The first kappa shape index (κ1) is 19.5. The molecule has 2 aliphatic rings. The third-order valence-electron chi connectivity index (χ3n) is 4.45. The summed E-state index contributed by atoms with van der Waals surface area (Å²) < 4.78 is 31.6. The number of aliphatic hydroxyl groups excluding tert-OH is 1. The zero-order chi connectivity index (χ0) is 19.4. The summed E-state index contributed by atoms with van der Waals surface area (Å²) >= 11 is 0. The zero-order valence-electron chi connectivity index (χ0n) is 14.9. The van der Waals surface area contributed by atoms with E-state index in [2.05, 4.69) is 20.4 Å². The highest BCUT2D eigenvalue weighted by molar-refractivity contribution is 5.17. The Morgan fingerprint density at radius 3 is 2.70 bits per heavy atom. The normalized spacial score (nSPS) is 34.5. The van der Waals surface area contributed by atoms with Gasteiger partial charge in [-0.2, -0.15) is 5.11 Å². The average Bonchev–Trinajstić information content (AvgIpc) is 2.68. The van der Waals surface area contributed by atoms with Crippen LogP contribution >= 0.6 is 0 Å². The van der Waals surface area contributed by atoms with Crippen LogP contribution in [0.25, 0.3) is 10.4 Å². The van der Waals surface area contributed by atoms with E-state index in [9.17, 15) is 9.50 Å². The number of ether oxygens (including phenoxy) is 3. The van der Waals surface area contributed by atoms with Gasteiger partial charge in [-0.15, -0.1) is 0 Å². The summed E-state index contributed by atoms with van der Waals surface area (Å²) in [5.74, 6) is 0. The van der Waals surface area contributed by atoms with E-state index in [1.165, 1.54) is 14.0 Å². The molecule has 7 atom stereocenters. The van der Waals surface area contributed by atoms with Crippen molar-refractivity contribution >= 4 is 0 Å². The Hall–Kier alpha value is -2.30. The van der Waals surface area contributed by atoms with Crippen LogP contribution in [0.1, 0.15) is 18.8 Å². The lowest BCUT2D eigenvalue weighted by Gasteiger charge is -2.49. The van der Waals surface area contributed by atoms with Gasteiger partial charge in [0.05, 0.1) is 13.7 Å². The number of halogens is 1. The number of rotatable bonds is 5. The molecule has 10 nitrogen and oxygen atoms in total. The maximum atomic E-state index is 14.2. The summed E-state index contributed by atoms with van der Waals surface area (Å²) in [6.07, 6.45) is -6.34. The van der Waals surface area contributed by atoms with E-state index in [4.69, 9.17) is 19.7 Å². The number of benzene rings is 1. The van der Waals surface area contributed by atoms with Crippen molar-refractivity contribution < 1.29 is 23.7 Å². The van der Waals surface area contributed by atoms with Gasteiger partial charge < -0.3 is 19.3 Å². The second-order valence-corrected chi connectivity index (χ2v) is 6.17. The molecule has 1 aromatic carbocycles. The fourth-order valence-electron chi connectivity index (χ4n) is 3.30. The van der Waals surface area contributed by atoms with Crippen LogP contribution < -0.4 is 0 Å². The van der Waals surface area contributed by atoms with Crippen LogP contribution in [0.15, 0.2) is 45.8 Å². The van der Waals surface area contributed by atoms with Gasteiger partial charge in [0.1, 0.15) is 24.4 Å². The number of azide groups is 1. The first-order valence-corrected chi connectivity index (χ1v) is 8.48. The van der Waals surface area contributed by atoms with E-state index in [1.807, 2.05) is 30.3 Å². The zero-order valence-corrected chi connectivity index (χ0v) is 14.9. The van der Waals surface area contributed by atoms with Gasteiger partial charge in [-0.3, -0.25) is 0 Å². The lowest BCUT2D eigenvalue weighted by Crippen LogP contribution is -2.66. The maximum absolute atomic E-state index is 14.2. The summed E-state index contributed by atoms with van der Waals surface area (Å²) in [5.41, 5.74) is 9.51. The predicted molar refractivity (Wildman–Crippen MR) is 90.8 cm³/mol. The molecule has 0 aliphatic carbocycles. The molecular weight excluding hydrogens is 359 g/mol. The van der Waals surface area contributed by atoms with Gasteiger partial charge in [-0.25, -0.2) is 9.40 Å². The van der Waals surface area contributed by atoms with Gasteiger partial charge in [0.25, 0.3) is 0 Å². The fraction of sp³-hybridized carbons (Fsp3) is 0.625. The van der Waals surface area contributed by atoms with E-state index < -0.39 is 43.2 Å². The van der Waals surface area contributed by atoms with Crippen molar-refractivity contribution in [2.45, 2.75) is 50.1 Å². The molecule has 146 valence electrons. The molecule has 2 heterocycles. The van der Waals surface area contributed by atoms with Gasteiger partial charge in [0.2, 0.25) is 0 Å². The van der Waals surface area contributed by atoms with Crippen LogP contribution in [0.2, 0.25) is 0 Å². The molecule has 0 saturated carbocycles. The van der Waals surface area contributed by atoms with Crippen molar-refractivity contribution in [1.29, 1.82) is 0 Å². The molecule has 0 bridgehead atoms. The summed E-state index contributed by atoms with van der Waals surface area (Å²) in [5, 5.41) is 22.6. The van der Waals surface area contributed by atoms with Crippen LogP contribution in [-0.4, -0.2) is 60.6 Å². The minimum Gasteiger partial charge on any atom is -0.388 e. The second kappa shape index (κ2) is 8.59. The monoisotopic (exact) mass is 380 g/mol. The van der Waals surface area contributed by atoms with Crippen molar-refractivity contribution in [1.82, 2.24) is 5.01 Å². The number of hydrogen-bond donors (Lipinski definition) is 1. The Balaban J connectivity index is 1.93. The molecule has 0 spiro atoms. The van der Waals surface area contributed by atoms with Crippen LogP contribution in [0, 0.1) is 0 Å². The van der Waals surface area contributed by atoms with Crippen molar-refractivity contribution in [3.05, 3.63) is 46.3 Å². The Labute approximate surface area is 155 Å². The minimum absolute atomic E-state index is 0.114. The predicted octanol–water partition coefficient (Wildman–Crippen LogP) is 2.48. The molecule has 0 amide bonds. The third-order valence-corrected chi connectivity index (χ3v) is 4.45. The smallest absolute Gasteiger partial charge is 0.186 e. The summed E-state index contributed by atoms with van der Waals surface area (Å²) in [4.78, 5) is 2.69. The minimum atomic E-state index is -1.57. The number of fused-ring (bicyclic) bond motifs is 1. The average molecular weight is 380 g/mol. The van der Waals surface area contributed by atoms with Crippen molar-refractivity contribution in [2.24, 2.45) is 15.5 Å². The Morgan fingerprint density at radius 2 is 2.07 bits per heavy atom. The number of alkyl halides is 1. The number of aliphatic hydroxyl groups is 1.